The summed E-state index contributed by atoms with van der Waals surface area (Å²) < 4.78 is 24.2. The average molecular weight is 435 g/mol. The maximum Gasteiger partial charge on any atom is 0.342 e. The summed E-state index contributed by atoms with van der Waals surface area (Å²) in [6.45, 7) is 2.04. The van der Waals surface area contributed by atoms with E-state index in [1.54, 1.807) is 30.3 Å². The Kier molecular flexibility index (Phi) is 6.90. The van der Waals surface area contributed by atoms with Crippen LogP contribution >= 0.6 is 23.4 Å². The van der Waals surface area contributed by atoms with E-state index in [9.17, 15) is 14.3 Å². The van der Waals surface area contributed by atoms with Crippen LogP contribution in [0.1, 0.15) is 23.9 Å². The molecule has 3 aromatic rings. The molecule has 0 saturated heterocycles. The van der Waals surface area contributed by atoms with E-state index in [1.807, 2.05) is 6.92 Å². The summed E-state index contributed by atoms with van der Waals surface area (Å²) in [5, 5.41) is 17.8. The van der Waals surface area contributed by atoms with Gasteiger partial charge in [0.25, 0.3) is 5.22 Å². The summed E-state index contributed by atoms with van der Waals surface area (Å²) in [7, 11) is 0. The number of aromatic nitrogens is 2. The lowest BCUT2D eigenvalue weighted by Crippen LogP contribution is -2.00. The highest BCUT2D eigenvalue weighted by Gasteiger charge is 2.16. The number of thioether (sulfide) groups is 1. The monoisotopic (exact) mass is 434 g/mol. The van der Waals surface area contributed by atoms with Crippen LogP contribution in [0.25, 0.3) is 6.08 Å². The molecule has 0 aliphatic carbocycles. The van der Waals surface area contributed by atoms with Crippen molar-refractivity contribution in [3.63, 3.8) is 0 Å². The van der Waals surface area contributed by atoms with Gasteiger partial charge >= 0.3 is 5.97 Å². The molecule has 0 atom stereocenters. The van der Waals surface area contributed by atoms with Crippen LogP contribution in [0.3, 0.4) is 0 Å². The first-order valence-corrected chi connectivity index (χ1v) is 9.76. The van der Waals surface area contributed by atoms with E-state index in [0.717, 1.165) is 17.3 Å². The van der Waals surface area contributed by atoms with Crippen LogP contribution in [0, 0.1) is 5.82 Å². The normalized spacial score (nSPS) is 11.5. The summed E-state index contributed by atoms with van der Waals surface area (Å²) in [6, 6.07) is 10.8. The Bertz CT molecular complexity index is 1040. The van der Waals surface area contributed by atoms with Crippen LogP contribution in [-0.2, 0) is 17.8 Å². The van der Waals surface area contributed by atoms with E-state index in [0.29, 0.717) is 28.6 Å². The number of carboxylic acid groups (broad SMARTS) is 1. The third kappa shape index (κ3) is 5.82. The molecule has 1 heterocycles. The minimum atomic E-state index is -1.16. The van der Waals surface area contributed by atoms with Crippen molar-refractivity contribution < 1.29 is 23.4 Å². The second-order valence-corrected chi connectivity index (χ2v) is 7.26. The molecule has 6 nitrogen and oxygen atoms in total. The van der Waals surface area contributed by atoms with Crippen molar-refractivity contribution >= 4 is 35.4 Å². The van der Waals surface area contributed by atoms with Crippen LogP contribution in [0.5, 0.6) is 5.75 Å². The molecule has 29 heavy (non-hydrogen) atoms. The second kappa shape index (κ2) is 9.58. The maximum absolute atomic E-state index is 13.0. The molecule has 0 aliphatic heterocycles. The first-order valence-electron chi connectivity index (χ1n) is 8.56. The van der Waals surface area contributed by atoms with Crippen molar-refractivity contribution in [2.75, 3.05) is 0 Å². The van der Waals surface area contributed by atoms with E-state index in [4.69, 9.17) is 20.8 Å². The highest BCUT2D eigenvalue weighted by Crippen LogP contribution is 2.32. The average Bonchev–Trinajstić information content (AvgIpc) is 3.16. The number of hydrogen-bond acceptors (Lipinski definition) is 6. The molecule has 1 N–H and O–H groups in total. The maximum atomic E-state index is 13.0. The summed E-state index contributed by atoms with van der Waals surface area (Å²) in [6.07, 6.45) is 1.98. The van der Waals surface area contributed by atoms with Gasteiger partial charge in [-0.3, -0.25) is 0 Å². The van der Waals surface area contributed by atoms with Gasteiger partial charge in [-0.15, -0.1) is 10.2 Å². The van der Waals surface area contributed by atoms with Crippen molar-refractivity contribution in [2.24, 2.45) is 0 Å². The topological polar surface area (TPSA) is 85.5 Å². The summed E-state index contributed by atoms with van der Waals surface area (Å²) in [4.78, 5) is 11.7. The van der Waals surface area contributed by atoms with Gasteiger partial charge in [0.05, 0.1) is 0 Å². The Morgan fingerprint density at radius 2 is 2.03 bits per heavy atom. The van der Waals surface area contributed by atoms with Gasteiger partial charge in [0.1, 0.15) is 23.1 Å². The number of carbonyl (C=O) groups is 1. The fourth-order valence-corrected chi connectivity index (χ4v) is 3.16. The second-order valence-electron chi connectivity index (χ2n) is 5.83. The van der Waals surface area contributed by atoms with Crippen LogP contribution in [-0.4, -0.2) is 21.3 Å². The predicted octanol–water partition coefficient (Wildman–Crippen LogP) is 5.22. The van der Waals surface area contributed by atoms with Crippen molar-refractivity contribution in [1.82, 2.24) is 10.2 Å². The third-order valence-electron chi connectivity index (χ3n) is 3.72. The van der Waals surface area contributed by atoms with E-state index in [-0.39, 0.29) is 22.6 Å². The first kappa shape index (κ1) is 20.9. The van der Waals surface area contributed by atoms with Gasteiger partial charge in [0.15, 0.2) is 0 Å². The minimum absolute atomic E-state index is 0.0369. The zero-order valence-corrected chi connectivity index (χ0v) is 16.8. The van der Waals surface area contributed by atoms with Crippen molar-refractivity contribution in [3.8, 4) is 5.75 Å². The molecule has 1 aromatic heterocycles. The SMILES string of the molecule is CCc1nnc(S/C(=C\c2cc(Cl)ccc2OCc2ccc(F)cc2)C(=O)O)o1. The fraction of sp³-hybridized carbons (Fsp3) is 0.150. The Hall–Kier alpha value is -2.84. The Labute approximate surface area is 175 Å². The number of nitrogens with zero attached hydrogens (tertiary/aromatic N) is 2. The van der Waals surface area contributed by atoms with Crippen LogP contribution < -0.4 is 4.74 Å². The zero-order valence-electron chi connectivity index (χ0n) is 15.3. The number of aryl methyl sites for hydroxylation is 1. The summed E-state index contributed by atoms with van der Waals surface area (Å²) in [5.74, 6) is -0.642. The van der Waals surface area contributed by atoms with Gasteiger partial charge in [0.2, 0.25) is 5.89 Å². The lowest BCUT2D eigenvalue weighted by atomic mass is 10.2. The van der Waals surface area contributed by atoms with Gasteiger partial charge in [-0.05, 0) is 53.7 Å². The number of carboxylic acids is 1. The van der Waals surface area contributed by atoms with E-state index in [2.05, 4.69) is 10.2 Å². The number of benzene rings is 2. The number of halogens is 2. The third-order valence-corrected chi connectivity index (χ3v) is 4.81. The smallest absolute Gasteiger partial charge is 0.342 e. The number of ether oxygens (including phenoxy) is 1. The molecule has 3 rings (SSSR count). The summed E-state index contributed by atoms with van der Waals surface area (Å²) >= 11 is 6.91. The molecular weight excluding hydrogens is 419 g/mol. The van der Waals surface area contributed by atoms with Crippen LogP contribution in [0.2, 0.25) is 5.02 Å². The fourth-order valence-electron chi connectivity index (χ4n) is 2.30. The quantitative estimate of drug-likeness (QED) is 0.384. The Morgan fingerprint density at radius 3 is 2.69 bits per heavy atom. The predicted molar refractivity (Wildman–Crippen MR) is 107 cm³/mol. The molecule has 150 valence electrons. The number of aliphatic carboxylic acids is 1. The van der Waals surface area contributed by atoms with E-state index < -0.39 is 5.97 Å². The minimum Gasteiger partial charge on any atom is -0.488 e. The largest absolute Gasteiger partial charge is 0.488 e. The van der Waals surface area contributed by atoms with Crippen LogP contribution in [0.4, 0.5) is 4.39 Å². The molecule has 0 spiro atoms. The lowest BCUT2D eigenvalue weighted by molar-refractivity contribution is -0.131. The Balaban J connectivity index is 1.85. The first-order chi connectivity index (χ1) is 13.9. The number of rotatable bonds is 8. The van der Waals surface area contributed by atoms with Crippen molar-refractivity contribution in [2.45, 2.75) is 25.2 Å². The standard InChI is InChI=1S/C20H16ClFN2O4S/c1-2-18-23-24-20(28-18)29-17(19(25)26)10-13-9-14(21)5-8-16(13)27-11-12-3-6-15(22)7-4-12/h3-10H,2,11H2,1H3,(H,25,26)/b17-10-. The van der Waals surface area contributed by atoms with Crippen molar-refractivity contribution in [1.29, 1.82) is 0 Å². The molecule has 0 amide bonds. The molecule has 0 aliphatic rings. The van der Waals surface area contributed by atoms with Crippen LogP contribution in [0.15, 0.2) is 57.0 Å². The van der Waals surface area contributed by atoms with Crippen molar-refractivity contribution in [3.05, 3.63) is 75.2 Å². The molecule has 0 saturated carbocycles. The molecule has 2 aromatic carbocycles. The molecular formula is C20H16ClFN2O4S. The summed E-state index contributed by atoms with van der Waals surface area (Å²) in [5.41, 5.74) is 1.24. The molecule has 0 radical (unpaired) electrons. The Morgan fingerprint density at radius 1 is 1.28 bits per heavy atom. The van der Waals surface area contributed by atoms with Gasteiger partial charge in [0, 0.05) is 17.0 Å². The van der Waals surface area contributed by atoms with Gasteiger partial charge in [-0.2, -0.15) is 0 Å². The highest BCUT2D eigenvalue weighted by atomic mass is 35.5. The number of hydrogen-bond donors (Lipinski definition) is 1. The van der Waals surface area contributed by atoms with Gasteiger partial charge < -0.3 is 14.3 Å². The molecule has 0 bridgehead atoms. The lowest BCUT2D eigenvalue weighted by Gasteiger charge is -2.11. The van der Waals surface area contributed by atoms with E-state index in [1.165, 1.54) is 18.2 Å². The molecule has 9 heteroatoms. The zero-order chi connectivity index (χ0) is 20.8. The highest BCUT2D eigenvalue weighted by molar-refractivity contribution is 8.03. The van der Waals surface area contributed by atoms with Gasteiger partial charge in [-0.1, -0.05) is 30.7 Å². The van der Waals surface area contributed by atoms with Gasteiger partial charge in [-0.25, -0.2) is 9.18 Å². The molecule has 0 unspecified atom stereocenters. The molecule has 0 fully saturated rings. The van der Waals surface area contributed by atoms with E-state index >= 15 is 0 Å².